The molecule has 0 radical (unpaired) electrons. The molecule has 0 aromatic heterocycles. The number of hydrogen-bond acceptors (Lipinski definition) is 5. The fraction of sp³-hybridized carbons (Fsp3) is 0.769. The van der Waals surface area contributed by atoms with Crippen LogP contribution in [0.25, 0.3) is 0 Å². The predicted molar refractivity (Wildman–Crippen MR) is 68.9 cm³/mol. The number of amides is 1. The van der Waals surface area contributed by atoms with Crippen LogP contribution in [0, 0.1) is 0 Å². The zero-order valence-corrected chi connectivity index (χ0v) is 11.3. The number of hydrogen-bond donors (Lipinski definition) is 3. The minimum Gasteiger partial charge on any atom is -0.481 e. The van der Waals surface area contributed by atoms with Gasteiger partial charge in [0.2, 0.25) is 5.91 Å². The van der Waals surface area contributed by atoms with Crippen molar-refractivity contribution in [1.82, 2.24) is 4.90 Å². The summed E-state index contributed by atoms with van der Waals surface area (Å²) in [4.78, 5) is 35.0. The van der Waals surface area contributed by atoms with Crippen LogP contribution >= 0.6 is 0 Å². The van der Waals surface area contributed by atoms with Crippen molar-refractivity contribution in [3.8, 4) is 0 Å². The van der Waals surface area contributed by atoms with Gasteiger partial charge < -0.3 is 20.2 Å². The zero-order valence-electron chi connectivity index (χ0n) is 11.3. The highest BCUT2D eigenvalue weighted by atomic mass is 16.4. The summed E-state index contributed by atoms with van der Waals surface area (Å²) in [5, 5.41) is 27.0. The second-order valence-electron chi connectivity index (χ2n) is 5.06. The second kappa shape index (κ2) is 7.96. The number of β-amino-alcohol motifs (C(OH)–C–C–N with tert-alkyl or cyclic N) is 1. The Bertz CT molecular complexity index is 370. The van der Waals surface area contributed by atoms with Crippen LogP contribution in [0.3, 0.4) is 0 Å². The number of carbonyl (C=O) groups is 3. The fourth-order valence-electron chi connectivity index (χ4n) is 2.32. The van der Waals surface area contributed by atoms with E-state index < -0.39 is 12.1 Å². The van der Waals surface area contributed by atoms with E-state index in [1.807, 2.05) is 0 Å². The Labute approximate surface area is 117 Å². The monoisotopic (exact) mass is 287 g/mol. The molecule has 1 aliphatic rings. The molecule has 0 saturated carbocycles. The van der Waals surface area contributed by atoms with Gasteiger partial charge in [-0.25, -0.2) is 0 Å². The summed E-state index contributed by atoms with van der Waals surface area (Å²) < 4.78 is 0. The van der Waals surface area contributed by atoms with Crippen molar-refractivity contribution in [3.05, 3.63) is 0 Å². The molecule has 0 aliphatic carbocycles. The molecular formula is C13H21NO6. The molecule has 7 nitrogen and oxygen atoms in total. The molecule has 20 heavy (non-hydrogen) atoms. The average molecular weight is 287 g/mol. The average Bonchev–Trinajstić information content (AvgIpc) is 2.77. The zero-order chi connectivity index (χ0) is 15.1. The Balaban J connectivity index is 2.26. The highest BCUT2D eigenvalue weighted by Crippen LogP contribution is 2.19. The van der Waals surface area contributed by atoms with Crippen molar-refractivity contribution in [2.24, 2.45) is 0 Å². The van der Waals surface area contributed by atoms with Gasteiger partial charge in [0.1, 0.15) is 5.78 Å². The number of rotatable bonds is 8. The molecule has 3 N–H and O–H groups in total. The highest BCUT2D eigenvalue weighted by molar-refractivity contribution is 5.83. The Morgan fingerprint density at radius 1 is 1.10 bits per heavy atom. The van der Waals surface area contributed by atoms with E-state index in [0.717, 1.165) is 0 Å². The summed E-state index contributed by atoms with van der Waals surface area (Å²) >= 11 is 0. The van der Waals surface area contributed by atoms with Crippen LogP contribution in [0.1, 0.15) is 38.5 Å². The SMILES string of the molecule is O=C(O)CCC(=O)CCCC(=O)N1C[C@H](O)C[C@H]1CO. The van der Waals surface area contributed by atoms with E-state index in [0.29, 0.717) is 12.8 Å². The molecule has 0 aromatic carbocycles. The van der Waals surface area contributed by atoms with Crippen molar-refractivity contribution in [3.63, 3.8) is 0 Å². The number of ketones is 1. The van der Waals surface area contributed by atoms with Crippen LogP contribution < -0.4 is 0 Å². The second-order valence-corrected chi connectivity index (χ2v) is 5.06. The first-order valence-corrected chi connectivity index (χ1v) is 6.76. The van der Waals surface area contributed by atoms with E-state index in [4.69, 9.17) is 10.2 Å². The predicted octanol–water partition coefficient (Wildman–Crippen LogP) is -0.455. The Kier molecular flexibility index (Phi) is 6.60. The smallest absolute Gasteiger partial charge is 0.303 e. The summed E-state index contributed by atoms with van der Waals surface area (Å²) in [7, 11) is 0. The van der Waals surface area contributed by atoms with E-state index in [1.54, 1.807) is 0 Å². The van der Waals surface area contributed by atoms with Crippen LogP contribution in [0.2, 0.25) is 0 Å². The highest BCUT2D eigenvalue weighted by Gasteiger charge is 2.33. The van der Waals surface area contributed by atoms with Gasteiger partial charge in [0.25, 0.3) is 0 Å². The quantitative estimate of drug-likeness (QED) is 0.556. The van der Waals surface area contributed by atoms with Gasteiger partial charge >= 0.3 is 5.97 Å². The standard InChI is InChI=1S/C13H21NO6/c15-8-9-6-11(17)7-14(9)12(18)3-1-2-10(16)4-5-13(19)20/h9,11,15,17H,1-8H2,(H,19,20)/t9-,11+/m0/s1. The summed E-state index contributed by atoms with van der Waals surface area (Å²) in [6.07, 6.45) is 0.291. The van der Waals surface area contributed by atoms with Crippen LogP contribution in [0.5, 0.6) is 0 Å². The lowest BCUT2D eigenvalue weighted by molar-refractivity contribution is -0.138. The number of likely N-dealkylation sites (tertiary alicyclic amines) is 1. The van der Waals surface area contributed by atoms with Crippen LogP contribution in [-0.2, 0) is 14.4 Å². The van der Waals surface area contributed by atoms with E-state index in [2.05, 4.69) is 0 Å². The molecule has 1 aliphatic heterocycles. The number of aliphatic carboxylic acids is 1. The molecule has 0 spiro atoms. The van der Waals surface area contributed by atoms with Crippen LogP contribution in [0.15, 0.2) is 0 Å². The fourth-order valence-corrected chi connectivity index (χ4v) is 2.32. The number of carbonyl (C=O) groups excluding carboxylic acids is 2. The minimum absolute atomic E-state index is 0.00871. The molecular weight excluding hydrogens is 266 g/mol. The van der Waals surface area contributed by atoms with Gasteiger partial charge in [0.05, 0.1) is 25.2 Å². The first-order chi connectivity index (χ1) is 9.43. The Morgan fingerprint density at radius 2 is 1.80 bits per heavy atom. The maximum Gasteiger partial charge on any atom is 0.303 e. The number of aliphatic hydroxyl groups is 2. The Hall–Kier alpha value is -1.47. The van der Waals surface area contributed by atoms with Gasteiger partial charge in [0, 0.05) is 25.8 Å². The normalized spacial score (nSPS) is 22.0. The van der Waals surface area contributed by atoms with Crippen molar-refractivity contribution in [2.45, 2.75) is 50.7 Å². The molecule has 114 valence electrons. The van der Waals surface area contributed by atoms with E-state index >= 15 is 0 Å². The van der Waals surface area contributed by atoms with Crippen molar-refractivity contribution in [2.75, 3.05) is 13.2 Å². The number of carboxylic acid groups (broad SMARTS) is 1. The lowest BCUT2D eigenvalue weighted by Crippen LogP contribution is -2.37. The molecule has 1 heterocycles. The molecule has 1 fully saturated rings. The molecule has 2 atom stereocenters. The lowest BCUT2D eigenvalue weighted by atomic mass is 10.1. The number of aliphatic hydroxyl groups excluding tert-OH is 2. The van der Waals surface area contributed by atoms with E-state index in [-0.39, 0.29) is 56.6 Å². The molecule has 1 amide bonds. The Morgan fingerprint density at radius 3 is 2.40 bits per heavy atom. The summed E-state index contributed by atoms with van der Waals surface area (Å²) in [5.41, 5.74) is 0. The number of Topliss-reactive ketones (excluding diaryl/α,β-unsaturated/α-hetero) is 1. The molecule has 1 saturated heterocycles. The third-order valence-corrected chi connectivity index (χ3v) is 3.39. The third-order valence-electron chi connectivity index (χ3n) is 3.39. The first-order valence-electron chi connectivity index (χ1n) is 6.76. The first kappa shape index (κ1) is 16.6. The summed E-state index contributed by atoms with van der Waals surface area (Å²) in [6, 6.07) is -0.347. The van der Waals surface area contributed by atoms with Gasteiger partial charge in [0.15, 0.2) is 0 Å². The molecule has 1 rings (SSSR count). The van der Waals surface area contributed by atoms with Gasteiger partial charge in [-0.1, -0.05) is 0 Å². The minimum atomic E-state index is -1.01. The summed E-state index contributed by atoms with van der Waals surface area (Å²) in [6.45, 7) is 0.0391. The van der Waals surface area contributed by atoms with Gasteiger partial charge in [-0.2, -0.15) is 0 Å². The van der Waals surface area contributed by atoms with E-state index in [1.165, 1.54) is 4.90 Å². The molecule has 0 aromatic rings. The van der Waals surface area contributed by atoms with Crippen LogP contribution in [-0.4, -0.2) is 63.2 Å². The van der Waals surface area contributed by atoms with E-state index in [9.17, 15) is 19.5 Å². The third kappa shape index (κ3) is 5.26. The topological polar surface area (TPSA) is 115 Å². The number of nitrogens with zero attached hydrogens (tertiary/aromatic N) is 1. The largest absolute Gasteiger partial charge is 0.481 e. The maximum absolute atomic E-state index is 11.9. The van der Waals surface area contributed by atoms with Gasteiger partial charge in [-0.15, -0.1) is 0 Å². The van der Waals surface area contributed by atoms with Gasteiger partial charge in [-0.3, -0.25) is 14.4 Å². The van der Waals surface area contributed by atoms with Gasteiger partial charge in [-0.05, 0) is 12.8 Å². The molecule has 0 unspecified atom stereocenters. The van der Waals surface area contributed by atoms with Crippen molar-refractivity contribution in [1.29, 1.82) is 0 Å². The van der Waals surface area contributed by atoms with Crippen molar-refractivity contribution < 1.29 is 29.7 Å². The van der Waals surface area contributed by atoms with Crippen molar-refractivity contribution >= 4 is 17.7 Å². The molecule has 0 bridgehead atoms. The lowest BCUT2D eigenvalue weighted by Gasteiger charge is -2.22. The van der Waals surface area contributed by atoms with Crippen LogP contribution in [0.4, 0.5) is 0 Å². The number of carboxylic acids is 1. The molecule has 7 heteroatoms. The maximum atomic E-state index is 11.9. The summed E-state index contributed by atoms with van der Waals surface area (Å²) in [5.74, 6) is -1.36.